The second-order valence-electron chi connectivity index (χ2n) is 10.8. The second kappa shape index (κ2) is 14.1. The molecule has 1 amide bonds. The number of benzene rings is 2. The Kier molecular flexibility index (Phi) is 10.0. The number of carbonyl (C=O) groups excluding carboxylic acids is 2. The van der Waals surface area contributed by atoms with Crippen LogP contribution in [-0.2, 0) is 27.4 Å². The van der Waals surface area contributed by atoms with Crippen molar-refractivity contribution in [2.24, 2.45) is 0 Å². The van der Waals surface area contributed by atoms with Crippen LogP contribution in [0.3, 0.4) is 0 Å². The summed E-state index contributed by atoms with van der Waals surface area (Å²) in [5.41, 5.74) is 8.05. The lowest BCUT2D eigenvalue weighted by Gasteiger charge is -2.19. The van der Waals surface area contributed by atoms with Crippen molar-refractivity contribution < 1.29 is 28.2 Å². The molecular formula is C32H34N6O6. The topological polar surface area (TPSA) is 166 Å². The number of alkyl carbamates (subject to hydrolysis) is 1. The van der Waals surface area contributed by atoms with Crippen LogP contribution in [0.4, 0.5) is 16.3 Å². The molecule has 0 saturated heterocycles. The molecule has 228 valence electrons. The Labute approximate surface area is 255 Å². The Morgan fingerprint density at radius 2 is 1.86 bits per heavy atom. The number of hydrogen-bond acceptors (Lipinski definition) is 11. The molecular weight excluding hydrogens is 564 g/mol. The normalized spacial score (nSPS) is 11.5. The van der Waals surface area contributed by atoms with E-state index in [1.807, 2.05) is 54.4 Å². The van der Waals surface area contributed by atoms with Gasteiger partial charge in [-0.1, -0.05) is 24.3 Å². The molecule has 0 unspecified atom stereocenters. The number of nitrogen functional groups attached to an aromatic ring is 1. The average molecular weight is 599 g/mol. The van der Waals surface area contributed by atoms with Gasteiger partial charge in [-0.2, -0.15) is 10.2 Å². The zero-order valence-corrected chi connectivity index (χ0v) is 25.0. The van der Waals surface area contributed by atoms with Crippen LogP contribution in [0, 0.1) is 11.3 Å². The van der Waals surface area contributed by atoms with Gasteiger partial charge in [-0.25, -0.2) is 14.6 Å². The quantitative estimate of drug-likeness (QED) is 0.136. The van der Waals surface area contributed by atoms with E-state index in [9.17, 15) is 14.9 Å². The Bertz CT molecular complexity index is 1680. The molecule has 4 aromatic rings. The lowest BCUT2D eigenvalue weighted by Crippen LogP contribution is -2.28. The maximum atomic E-state index is 12.3. The molecule has 2 heterocycles. The molecule has 4 rings (SSSR count). The van der Waals surface area contributed by atoms with Crippen LogP contribution in [-0.4, -0.2) is 47.8 Å². The van der Waals surface area contributed by atoms with Crippen LogP contribution in [0.15, 0.2) is 70.8 Å². The molecule has 0 fully saturated rings. The number of nitrogens with two attached hydrogens (primary N) is 1. The van der Waals surface area contributed by atoms with Gasteiger partial charge < -0.3 is 34.6 Å². The zero-order chi connectivity index (χ0) is 31.7. The molecule has 0 spiro atoms. The number of amides is 1. The Morgan fingerprint density at radius 3 is 2.57 bits per heavy atom. The predicted molar refractivity (Wildman–Crippen MR) is 164 cm³/mol. The van der Waals surface area contributed by atoms with Gasteiger partial charge >= 0.3 is 18.1 Å². The fourth-order valence-electron chi connectivity index (χ4n) is 3.93. The fourth-order valence-corrected chi connectivity index (χ4v) is 3.93. The van der Waals surface area contributed by atoms with E-state index in [-0.39, 0.29) is 24.8 Å². The first-order valence-electron chi connectivity index (χ1n) is 13.8. The molecule has 0 aliphatic carbocycles. The highest BCUT2D eigenvalue weighted by atomic mass is 16.6. The summed E-state index contributed by atoms with van der Waals surface area (Å²) in [4.78, 5) is 34.5. The summed E-state index contributed by atoms with van der Waals surface area (Å²) in [5, 5.41) is 12.9. The van der Waals surface area contributed by atoms with Crippen LogP contribution >= 0.6 is 0 Å². The molecule has 12 nitrogen and oxygen atoms in total. The van der Waals surface area contributed by atoms with E-state index in [1.54, 1.807) is 39.0 Å². The molecule has 12 heteroatoms. The minimum absolute atomic E-state index is 0.154. The third kappa shape index (κ3) is 9.22. The minimum atomic E-state index is -0.719. The largest absolute Gasteiger partial charge is 0.459 e. The highest BCUT2D eigenvalue weighted by Gasteiger charge is 2.20. The first-order valence-corrected chi connectivity index (χ1v) is 13.8. The van der Waals surface area contributed by atoms with Crippen LogP contribution in [0.25, 0.3) is 17.0 Å². The van der Waals surface area contributed by atoms with Gasteiger partial charge in [0.05, 0.1) is 6.54 Å². The lowest BCUT2D eigenvalue weighted by atomic mass is 10.1. The Hall–Kier alpha value is -5.57. The van der Waals surface area contributed by atoms with Gasteiger partial charge in [0.25, 0.3) is 0 Å². The number of nitriles is 1. The number of likely N-dealkylation sites (N-methyl/N-ethyl adjacent to an activating group) is 1. The van der Waals surface area contributed by atoms with Crippen molar-refractivity contribution >= 4 is 40.6 Å². The van der Waals surface area contributed by atoms with Crippen molar-refractivity contribution in [3.05, 3.63) is 83.3 Å². The number of nitrogens with zero attached hydrogens (tertiary/aromatic N) is 4. The fraction of sp³-hybridized carbons (Fsp3) is 0.281. The number of nitrogens with one attached hydrogen (secondary N) is 1. The van der Waals surface area contributed by atoms with Gasteiger partial charge in [0.2, 0.25) is 0 Å². The summed E-state index contributed by atoms with van der Waals surface area (Å²) in [6.45, 7) is 6.41. The predicted octanol–water partition coefficient (Wildman–Crippen LogP) is 5.00. The van der Waals surface area contributed by atoms with Crippen LogP contribution < -0.4 is 20.7 Å². The first kappa shape index (κ1) is 31.4. The summed E-state index contributed by atoms with van der Waals surface area (Å²) < 4.78 is 21.9. The van der Waals surface area contributed by atoms with Crippen molar-refractivity contribution in [2.45, 2.75) is 39.5 Å². The SMILES string of the molecule is CN(CCOC(=O)NCc1ccc(COc2nccc(N)n2)cc1)c1ccc2oc(/C=C(\C#N)C(=O)OC(C)(C)C)cc2c1. The number of furan rings is 1. The third-order valence-corrected chi connectivity index (χ3v) is 6.13. The van der Waals surface area contributed by atoms with Crippen LogP contribution in [0.2, 0.25) is 0 Å². The average Bonchev–Trinajstić information content (AvgIpc) is 3.39. The van der Waals surface area contributed by atoms with Gasteiger partial charge in [0.15, 0.2) is 0 Å². The highest BCUT2D eigenvalue weighted by Crippen LogP contribution is 2.26. The molecule has 2 aromatic heterocycles. The van der Waals surface area contributed by atoms with Crippen molar-refractivity contribution in [1.82, 2.24) is 15.3 Å². The van der Waals surface area contributed by atoms with Gasteiger partial charge in [0.1, 0.15) is 47.6 Å². The van der Waals surface area contributed by atoms with E-state index in [2.05, 4.69) is 15.3 Å². The van der Waals surface area contributed by atoms with Crippen LogP contribution in [0.1, 0.15) is 37.7 Å². The second-order valence-corrected chi connectivity index (χ2v) is 10.8. The maximum absolute atomic E-state index is 12.3. The summed E-state index contributed by atoms with van der Waals surface area (Å²) in [6, 6.07) is 18.5. The summed E-state index contributed by atoms with van der Waals surface area (Å²) in [5.74, 6) is -0.0175. The number of aromatic nitrogens is 2. The maximum Gasteiger partial charge on any atom is 0.407 e. The van der Waals surface area contributed by atoms with E-state index in [4.69, 9.17) is 24.4 Å². The number of fused-ring (bicyclic) bond motifs is 1. The van der Waals surface area contributed by atoms with E-state index in [0.717, 1.165) is 22.2 Å². The molecule has 0 radical (unpaired) electrons. The van der Waals surface area contributed by atoms with Gasteiger partial charge in [-0.3, -0.25) is 0 Å². The van der Waals surface area contributed by atoms with Crippen molar-refractivity contribution in [2.75, 3.05) is 30.8 Å². The van der Waals surface area contributed by atoms with Crippen LogP contribution in [0.5, 0.6) is 6.01 Å². The molecule has 0 bridgehead atoms. The van der Waals surface area contributed by atoms with Gasteiger partial charge in [0, 0.05) is 36.9 Å². The summed E-state index contributed by atoms with van der Waals surface area (Å²) >= 11 is 0. The van der Waals surface area contributed by atoms with E-state index in [0.29, 0.717) is 30.3 Å². The van der Waals surface area contributed by atoms with E-state index < -0.39 is 17.7 Å². The number of rotatable bonds is 11. The Balaban J connectivity index is 1.22. The molecule has 2 aromatic carbocycles. The number of carbonyl (C=O) groups is 2. The smallest absolute Gasteiger partial charge is 0.407 e. The molecule has 3 N–H and O–H groups in total. The molecule has 0 atom stereocenters. The van der Waals surface area contributed by atoms with Gasteiger partial charge in [-0.15, -0.1) is 0 Å². The van der Waals surface area contributed by atoms with E-state index in [1.165, 1.54) is 12.3 Å². The van der Waals surface area contributed by atoms with Crippen molar-refractivity contribution in [1.29, 1.82) is 5.26 Å². The van der Waals surface area contributed by atoms with Gasteiger partial charge in [-0.05, 0) is 62.2 Å². The molecule has 0 aliphatic heterocycles. The molecule has 0 saturated carbocycles. The summed E-state index contributed by atoms with van der Waals surface area (Å²) in [6.07, 6.45) is 2.37. The highest BCUT2D eigenvalue weighted by molar-refractivity contribution is 5.98. The monoisotopic (exact) mass is 598 g/mol. The lowest BCUT2D eigenvalue weighted by molar-refractivity contribution is -0.149. The Morgan fingerprint density at radius 1 is 1.11 bits per heavy atom. The van der Waals surface area contributed by atoms with Crippen molar-refractivity contribution in [3.63, 3.8) is 0 Å². The number of esters is 1. The van der Waals surface area contributed by atoms with Crippen molar-refractivity contribution in [3.8, 4) is 12.1 Å². The number of hydrogen-bond donors (Lipinski definition) is 2. The molecule has 44 heavy (non-hydrogen) atoms. The first-order chi connectivity index (χ1) is 21.0. The van der Waals surface area contributed by atoms with E-state index >= 15 is 0 Å². The minimum Gasteiger partial charge on any atom is -0.459 e. The number of ether oxygens (including phenoxy) is 3. The number of anilines is 2. The zero-order valence-electron chi connectivity index (χ0n) is 25.0. The third-order valence-electron chi connectivity index (χ3n) is 6.13. The standard InChI is InChI=1S/C32H34N6O6/c1-32(2,3)44-29(39)24(18-33)17-26-16-23-15-25(9-10-27(23)43-26)38(4)13-14-41-31(40)36-19-21-5-7-22(8-6-21)20-42-30-35-12-11-28(34)37-30/h5-12,15-17H,13-14,19-20H2,1-4H3,(H,36,40)(H2,34,35,37)/b24-17+. The molecule has 0 aliphatic rings. The summed E-state index contributed by atoms with van der Waals surface area (Å²) in [7, 11) is 1.88.